The fraction of sp³-hybridized carbons (Fsp3) is 0.625. The first-order valence-electron chi connectivity index (χ1n) is 7.77. The molecule has 1 aromatic rings. The fourth-order valence-electron chi connectivity index (χ4n) is 3.35. The highest BCUT2D eigenvalue weighted by molar-refractivity contribution is 9.10. The molecule has 0 amide bonds. The van der Waals surface area contributed by atoms with Crippen LogP contribution in [-0.4, -0.2) is 14.2 Å². The molecule has 0 bridgehead atoms. The van der Waals surface area contributed by atoms with E-state index in [1.807, 2.05) is 24.3 Å². The number of nitrogens with one attached hydrogen (secondary N) is 1. The average molecular weight is 372 g/mol. The Morgan fingerprint density at radius 1 is 1.10 bits per heavy atom. The molecule has 2 fully saturated rings. The van der Waals surface area contributed by atoms with Crippen molar-refractivity contribution in [3.63, 3.8) is 0 Å². The van der Waals surface area contributed by atoms with Gasteiger partial charge in [0.1, 0.15) is 0 Å². The third-order valence-electron chi connectivity index (χ3n) is 4.68. The maximum atomic E-state index is 12.5. The molecular weight excluding hydrogens is 350 g/mol. The third-order valence-corrected chi connectivity index (χ3v) is 6.82. The summed E-state index contributed by atoms with van der Waals surface area (Å²) < 4.78 is 29.0. The molecule has 0 spiro atoms. The van der Waals surface area contributed by atoms with Crippen molar-refractivity contribution in [2.45, 2.75) is 50.5 Å². The lowest BCUT2D eigenvalue weighted by Crippen LogP contribution is -2.38. The summed E-state index contributed by atoms with van der Waals surface area (Å²) in [7, 11) is -3.20. The Balaban J connectivity index is 1.68. The van der Waals surface area contributed by atoms with Gasteiger partial charge in [0.15, 0.2) is 0 Å². The summed E-state index contributed by atoms with van der Waals surface area (Å²) in [5.41, 5.74) is 0.742. The lowest BCUT2D eigenvalue weighted by molar-refractivity contribution is 0.383. The minimum Gasteiger partial charge on any atom is -0.212 e. The molecule has 1 N–H and O–H groups in total. The van der Waals surface area contributed by atoms with E-state index in [9.17, 15) is 8.42 Å². The van der Waals surface area contributed by atoms with Crippen molar-refractivity contribution >= 4 is 26.0 Å². The number of sulfonamides is 1. The predicted molar refractivity (Wildman–Crippen MR) is 88.6 cm³/mol. The molecule has 2 aliphatic rings. The van der Waals surface area contributed by atoms with Crippen molar-refractivity contribution in [2.75, 3.05) is 5.75 Å². The normalized spacial score (nSPS) is 22.1. The van der Waals surface area contributed by atoms with Crippen molar-refractivity contribution in [2.24, 2.45) is 5.92 Å². The van der Waals surface area contributed by atoms with E-state index in [0.29, 0.717) is 11.7 Å². The predicted octanol–water partition coefficient (Wildman–Crippen LogP) is 3.94. The van der Waals surface area contributed by atoms with E-state index in [2.05, 4.69) is 20.7 Å². The molecule has 2 aliphatic carbocycles. The summed E-state index contributed by atoms with van der Waals surface area (Å²) in [6.45, 7) is 0. The largest absolute Gasteiger partial charge is 0.212 e. The lowest BCUT2D eigenvalue weighted by atomic mass is 9.91. The van der Waals surface area contributed by atoms with E-state index in [-0.39, 0.29) is 5.54 Å². The molecule has 0 aliphatic heterocycles. The van der Waals surface area contributed by atoms with Gasteiger partial charge in [-0.05, 0) is 49.3 Å². The number of hydrogen-bond donors (Lipinski definition) is 1. The van der Waals surface area contributed by atoms with Gasteiger partial charge in [-0.1, -0.05) is 47.3 Å². The van der Waals surface area contributed by atoms with Crippen molar-refractivity contribution < 1.29 is 8.42 Å². The maximum absolute atomic E-state index is 12.5. The Kier molecular flexibility index (Phi) is 4.44. The van der Waals surface area contributed by atoms with E-state index < -0.39 is 10.0 Å². The summed E-state index contributed by atoms with van der Waals surface area (Å²) in [5, 5.41) is 0. The van der Waals surface area contributed by atoms with E-state index >= 15 is 0 Å². The average Bonchev–Trinajstić information content (AvgIpc) is 3.20. The molecule has 3 rings (SSSR count). The van der Waals surface area contributed by atoms with Gasteiger partial charge in [-0.15, -0.1) is 0 Å². The number of hydrogen-bond acceptors (Lipinski definition) is 2. The molecule has 0 atom stereocenters. The van der Waals surface area contributed by atoms with Gasteiger partial charge < -0.3 is 0 Å². The zero-order valence-corrected chi connectivity index (χ0v) is 14.5. The van der Waals surface area contributed by atoms with Gasteiger partial charge in [0.05, 0.1) is 11.3 Å². The highest BCUT2D eigenvalue weighted by atomic mass is 79.9. The Hall–Kier alpha value is -0.390. The first kappa shape index (κ1) is 15.5. The van der Waals surface area contributed by atoms with Crippen LogP contribution in [0.2, 0.25) is 0 Å². The number of halogens is 1. The molecule has 21 heavy (non-hydrogen) atoms. The molecule has 2 saturated carbocycles. The SMILES string of the molecule is O=S(=O)(CC1CCCCC1)NC1(c2ccc(Br)cc2)CC1. The van der Waals surface area contributed by atoms with Crippen LogP contribution >= 0.6 is 15.9 Å². The maximum Gasteiger partial charge on any atom is 0.212 e. The molecule has 0 saturated heterocycles. The van der Waals surface area contributed by atoms with Crippen LogP contribution in [0.3, 0.4) is 0 Å². The van der Waals surface area contributed by atoms with Gasteiger partial charge in [-0.3, -0.25) is 0 Å². The van der Waals surface area contributed by atoms with Crippen molar-refractivity contribution in [3.05, 3.63) is 34.3 Å². The highest BCUT2D eigenvalue weighted by Gasteiger charge is 2.47. The van der Waals surface area contributed by atoms with Gasteiger partial charge in [-0.25, -0.2) is 13.1 Å². The Labute approximate surface area is 135 Å². The van der Waals surface area contributed by atoms with E-state index in [0.717, 1.165) is 35.7 Å². The highest BCUT2D eigenvalue weighted by Crippen LogP contribution is 2.46. The molecule has 5 heteroatoms. The van der Waals surface area contributed by atoms with Gasteiger partial charge in [0, 0.05) is 4.47 Å². The monoisotopic (exact) mass is 371 g/mol. The minimum atomic E-state index is -3.20. The van der Waals surface area contributed by atoms with Crippen molar-refractivity contribution in [3.8, 4) is 0 Å². The molecule has 0 radical (unpaired) electrons. The zero-order chi connectivity index (χ0) is 14.9. The molecule has 0 heterocycles. The summed E-state index contributed by atoms with van der Waals surface area (Å²) >= 11 is 3.42. The second-order valence-corrected chi connectivity index (χ2v) is 9.16. The summed E-state index contributed by atoms with van der Waals surface area (Å²) in [6, 6.07) is 7.98. The minimum absolute atomic E-state index is 0.297. The second-order valence-electron chi connectivity index (χ2n) is 6.48. The van der Waals surface area contributed by atoms with Crippen LogP contribution in [0, 0.1) is 5.92 Å². The van der Waals surface area contributed by atoms with E-state index in [1.165, 1.54) is 19.3 Å². The van der Waals surface area contributed by atoms with Crippen molar-refractivity contribution in [1.82, 2.24) is 4.72 Å². The number of benzene rings is 1. The second kappa shape index (κ2) is 6.01. The molecule has 0 aromatic heterocycles. The van der Waals surface area contributed by atoms with Gasteiger partial charge >= 0.3 is 0 Å². The van der Waals surface area contributed by atoms with Gasteiger partial charge in [0.25, 0.3) is 0 Å². The standard InChI is InChI=1S/C16H22BrNO2S/c17-15-8-6-14(7-9-15)16(10-11-16)18-21(19,20)12-13-4-2-1-3-5-13/h6-9,13,18H,1-5,10-12H2. The van der Waals surface area contributed by atoms with Gasteiger partial charge in [-0.2, -0.15) is 0 Å². The summed E-state index contributed by atoms with van der Waals surface area (Å²) in [6.07, 6.45) is 7.54. The summed E-state index contributed by atoms with van der Waals surface area (Å²) in [4.78, 5) is 0. The molecule has 1 aromatic carbocycles. The molecule has 0 unspecified atom stereocenters. The molecule has 116 valence electrons. The quantitative estimate of drug-likeness (QED) is 0.851. The van der Waals surface area contributed by atoms with E-state index in [1.54, 1.807) is 0 Å². The van der Waals surface area contributed by atoms with Crippen LogP contribution in [-0.2, 0) is 15.6 Å². The first-order chi connectivity index (χ1) is 9.99. The Morgan fingerprint density at radius 2 is 1.71 bits per heavy atom. The lowest BCUT2D eigenvalue weighted by Gasteiger charge is -2.24. The van der Waals surface area contributed by atoms with Crippen LogP contribution in [0.1, 0.15) is 50.5 Å². The van der Waals surface area contributed by atoms with Crippen molar-refractivity contribution in [1.29, 1.82) is 0 Å². The topological polar surface area (TPSA) is 46.2 Å². The molecule has 3 nitrogen and oxygen atoms in total. The summed E-state index contributed by atoms with van der Waals surface area (Å²) in [5.74, 6) is 0.641. The van der Waals surface area contributed by atoms with Crippen LogP contribution in [0.4, 0.5) is 0 Å². The zero-order valence-electron chi connectivity index (χ0n) is 12.1. The Bertz CT molecular complexity index is 587. The number of rotatable bonds is 5. The Morgan fingerprint density at radius 3 is 2.29 bits per heavy atom. The van der Waals surface area contributed by atoms with E-state index in [4.69, 9.17) is 0 Å². The molecular formula is C16H22BrNO2S. The van der Waals surface area contributed by atoms with Crippen LogP contribution in [0.25, 0.3) is 0 Å². The third kappa shape index (κ3) is 3.88. The fourth-order valence-corrected chi connectivity index (χ4v) is 5.57. The smallest absolute Gasteiger partial charge is 0.212 e. The van der Waals surface area contributed by atoms with Crippen LogP contribution in [0.5, 0.6) is 0 Å². The van der Waals surface area contributed by atoms with Gasteiger partial charge in [0.2, 0.25) is 10.0 Å². The van der Waals surface area contributed by atoms with Crippen LogP contribution in [0.15, 0.2) is 28.7 Å². The first-order valence-corrected chi connectivity index (χ1v) is 10.2. The van der Waals surface area contributed by atoms with Crippen LogP contribution < -0.4 is 4.72 Å².